The number of hydrogen-bond acceptors (Lipinski definition) is 2. The quantitative estimate of drug-likeness (QED) is 0.901. The van der Waals surface area contributed by atoms with Crippen molar-refractivity contribution in [3.63, 3.8) is 0 Å². The highest BCUT2D eigenvalue weighted by Gasteiger charge is 2.46. The van der Waals surface area contributed by atoms with Gasteiger partial charge in [0.15, 0.2) is 0 Å². The number of rotatable bonds is 2. The number of carbonyl (C=O) groups is 1. The highest BCUT2D eigenvalue weighted by molar-refractivity contribution is 5.85. The van der Waals surface area contributed by atoms with Crippen LogP contribution in [-0.2, 0) is 11.3 Å². The molecule has 2 aliphatic rings. The molecule has 0 atom stereocenters. The molecule has 104 valence electrons. The number of likely N-dealkylation sites (tertiary alicyclic amines) is 1. The van der Waals surface area contributed by atoms with Gasteiger partial charge in [0.2, 0.25) is 5.91 Å². The van der Waals surface area contributed by atoms with Gasteiger partial charge in [-0.1, -0.05) is 30.3 Å². The summed E-state index contributed by atoms with van der Waals surface area (Å²) in [6.45, 7) is 3.68. The van der Waals surface area contributed by atoms with E-state index in [9.17, 15) is 4.79 Å². The molecule has 2 heterocycles. The Balaban J connectivity index is 0.00000133. The average Bonchev–Trinajstić information content (AvgIpc) is 2.71. The predicted molar refractivity (Wildman–Crippen MR) is 78.3 cm³/mol. The van der Waals surface area contributed by atoms with Gasteiger partial charge in [-0.15, -0.1) is 12.4 Å². The van der Waals surface area contributed by atoms with Gasteiger partial charge >= 0.3 is 0 Å². The second kappa shape index (κ2) is 5.93. The maximum atomic E-state index is 12.6. The first-order chi connectivity index (χ1) is 8.80. The van der Waals surface area contributed by atoms with E-state index in [0.717, 1.165) is 45.4 Å². The molecule has 2 aliphatic heterocycles. The molecule has 19 heavy (non-hydrogen) atoms. The summed E-state index contributed by atoms with van der Waals surface area (Å²) < 4.78 is 0. The Hall–Kier alpha value is -1.06. The SMILES string of the molecule is Cl.O=C1N(Cc2ccccc2)CCC12CCNCC2. The lowest BCUT2D eigenvalue weighted by Gasteiger charge is -2.32. The molecular formula is C15H21ClN2O. The predicted octanol–water partition coefficient (Wildman–Crippen LogP) is 2.21. The summed E-state index contributed by atoms with van der Waals surface area (Å²) in [6, 6.07) is 10.3. The van der Waals surface area contributed by atoms with E-state index in [-0.39, 0.29) is 17.8 Å². The van der Waals surface area contributed by atoms with Crippen LogP contribution in [-0.4, -0.2) is 30.4 Å². The van der Waals surface area contributed by atoms with E-state index < -0.39 is 0 Å². The van der Waals surface area contributed by atoms with Gasteiger partial charge in [0.05, 0.1) is 5.41 Å². The van der Waals surface area contributed by atoms with Crippen molar-refractivity contribution in [1.82, 2.24) is 10.2 Å². The van der Waals surface area contributed by atoms with Crippen LogP contribution in [0.4, 0.5) is 0 Å². The van der Waals surface area contributed by atoms with Crippen LogP contribution in [0.3, 0.4) is 0 Å². The monoisotopic (exact) mass is 280 g/mol. The van der Waals surface area contributed by atoms with Crippen molar-refractivity contribution in [2.45, 2.75) is 25.8 Å². The second-order valence-electron chi connectivity index (χ2n) is 5.49. The maximum Gasteiger partial charge on any atom is 0.229 e. The van der Waals surface area contributed by atoms with Crippen LogP contribution >= 0.6 is 12.4 Å². The van der Waals surface area contributed by atoms with Crippen LogP contribution in [0.2, 0.25) is 0 Å². The standard InChI is InChI=1S/C15H20N2O.ClH/c18-14-15(6-9-16-10-7-15)8-11-17(14)12-13-4-2-1-3-5-13;/h1-5,16H,6-12H2;1H. The lowest BCUT2D eigenvalue weighted by molar-refractivity contribution is -0.137. The molecule has 0 unspecified atom stereocenters. The van der Waals surface area contributed by atoms with Gasteiger partial charge in [0.1, 0.15) is 0 Å². The van der Waals surface area contributed by atoms with Gasteiger partial charge in [-0.2, -0.15) is 0 Å². The summed E-state index contributed by atoms with van der Waals surface area (Å²) in [5.74, 6) is 0.382. The zero-order valence-electron chi connectivity index (χ0n) is 11.1. The fraction of sp³-hybridized carbons (Fsp3) is 0.533. The van der Waals surface area contributed by atoms with Crippen LogP contribution in [0.5, 0.6) is 0 Å². The van der Waals surface area contributed by atoms with Crippen LogP contribution in [0.25, 0.3) is 0 Å². The molecule has 1 spiro atoms. The summed E-state index contributed by atoms with van der Waals surface area (Å²) in [5, 5.41) is 3.35. The van der Waals surface area contributed by atoms with E-state index in [4.69, 9.17) is 0 Å². The summed E-state index contributed by atoms with van der Waals surface area (Å²) in [4.78, 5) is 14.6. The van der Waals surface area contributed by atoms with E-state index in [2.05, 4.69) is 17.4 Å². The first kappa shape index (κ1) is 14.4. The second-order valence-corrected chi connectivity index (χ2v) is 5.49. The summed E-state index contributed by atoms with van der Waals surface area (Å²) in [7, 11) is 0. The van der Waals surface area contributed by atoms with Gasteiger partial charge in [-0.3, -0.25) is 4.79 Å². The molecule has 0 saturated carbocycles. The largest absolute Gasteiger partial charge is 0.338 e. The molecule has 2 fully saturated rings. The first-order valence-corrected chi connectivity index (χ1v) is 6.84. The van der Waals surface area contributed by atoms with Crippen molar-refractivity contribution in [1.29, 1.82) is 0 Å². The topological polar surface area (TPSA) is 32.3 Å². The van der Waals surface area contributed by atoms with E-state index in [1.165, 1.54) is 5.56 Å². The number of halogens is 1. The number of piperidine rings is 1. The van der Waals surface area contributed by atoms with E-state index in [1.54, 1.807) is 0 Å². The summed E-state index contributed by atoms with van der Waals surface area (Å²) in [6.07, 6.45) is 3.06. The van der Waals surface area contributed by atoms with Gasteiger partial charge in [-0.25, -0.2) is 0 Å². The van der Waals surface area contributed by atoms with Crippen molar-refractivity contribution in [2.24, 2.45) is 5.41 Å². The fourth-order valence-electron chi connectivity index (χ4n) is 3.22. The zero-order valence-corrected chi connectivity index (χ0v) is 11.9. The third kappa shape index (κ3) is 2.77. The average molecular weight is 281 g/mol. The van der Waals surface area contributed by atoms with Crippen LogP contribution in [0, 0.1) is 5.41 Å². The number of hydrogen-bond donors (Lipinski definition) is 1. The molecule has 0 aliphatic carbocycles. The minimum absolute atomic E-state index is 0. The molecule has 0 radical (unpaired) electrons. The van der Waals surface area contributed by atoms with E-state index in [0.29, 0.717) is 5.91 Å². The van der Waals surface area contributed by atoms with Crippen molar-refractivity contribution < 1.29 is 4.79 Å². The maximum absolute atomic E-state index is 12.6. The van der Waals surface area contributed by atoms with Crippen LogP contribution in [0.15, 0.2) is 30.3 Å². The number of nitrogens with zero attached hydrogens (tertiary/aromatic N) is 1. The Morgan fingerprint density at radius 2 is 1.79 bits per heavy atom. The van der Waals surface area contributed by atoms with Gasteiger partial charge < -0.3 is 10.2 Å². The first-order valence-electron chi connectivity index (χ1n) is 6.84. The van der Waals surface area contributed by atoms with Crippen LogP contribution < -0.4 is 5.32 Å². The molecular weight excluding hydrogens is 260 g/mol. The molecule has 1 amide bonds. The lowest BCUT2D eigenvalue weighted by Crippen LogP contribution is -2.42. The minimum Gasteiger partial charge on any atom is -0.338 e. The fourth-order valence-corrected chi connectivity index (χ4v) is 3.22. The molecule has 0 aromatic heterocycles. The normalized spacial score (nSPS) is 21.5. The molecule has 3 rings (SSSR count). The molecule has 1 aromatic rings. The highest BCUT2D eigenvalue weighted by atomic mass is 35.5. The van der Waals surface area contributed by atoms with E-state index >= 15 is 0 Å². The lowest BCUT2D eigenvalue weighted by atomic mass is 9.78. The smallest absolute Gasteiger partial charge is 0.229 e. The highest BCUT2D eigenvalue weighted by Crippen LogP contribution is 2.40. The molecule has 0 bridgehead atoms. The van der Waals surface area contributed by atoms with Crippen molar-refractivity contribution >= 4 is 18.3 Å². The van der Waals surface area contributed by atoms with Gasteiger partial charge in [0, 0.05) is 13.1 Å². The number of nitrogens with one attached hydrogen (secondary N) is 1. The molecule has 1 aromatic carbocycles. The molecule has 3 nitrogen and oxygen atoms in total. The Labute approximate surface area is 120 Å². The van der Waals surface area contributed by atoms with Gasteiger partial charge in [-0.05, 0) is 37.9 Å². The minimum atomic E-state index is -0.0416. The van der Waals surface area contributed by atoms with E-state index in [1.807, 2.05) is 23.1 Å². The summed E-state index contributed by atoms with van der Waals surface area (Å²) >= 11 is 0. The summed E-state index contributed by atoms with van der Waals surface area (Å²) in [5.41, 5.74) is 1.19. The number of benzene rings is 1. The third-order valence-corrected chi connectivity index (χ3v) is 4.38. The molecule has 1 N–H and O–H groups in total. The van der Waals surface area contributed by atoms with Crippen molar-refractivity contribution in [3.8, 4) is 0 Å². The Bertz CT molecular complexity index is 429. The van der Waals surface area contributed by atoms with Gasteiger partial charge in [0.25, 0.3) is 0 Å². The van der Waals surface area contributed by atoms with Crippen LogP contribution in [0.1, 0.15) is 24.8 Å². The zero-order chi connectivity index (χ0) is 12.4. The number of carbonyl (C=O) groups excluding carboxylic acids is 1. The Kier molecular flexibility index (Phi) is 4.48. The van der Waals surface area contributed by atoms with Crippen molar-refractivity contribution in [2.75, 3.05) is 19.6 Å². The van der Waals surface area contributed by atoms with Crippen molar-refractivity contribution in [3.05, 3.63) is 35.9 Å². The third-order valence-electron chi connectivity index (χ3n) is 4.38. The Morgan fingerprint density at radius 3 is 2.47 bits per heavy atom. The number of amides is 1. The molecule has 4 heteroatoms. The molecule has 2 saturated heterocycles. The Morgan fingerprint density at radius 1 is 1.11 bits per heavy atom.